The van der Waals surface area contributed by atoms with Crippen LogP contribution in [0.5, 0.6) is 0 Å². The van der Waals surface area contributed by atoms with Gasteiger partial charge in [-0.3, -0.25) is 0 Å². The highest BCUT2D eigenvalue weighted by atomic mass is 79.9. The number of aliphatic hydroxyl groups excluding tert-OH is 2. The minimum Gasteiger partial charge on any atom is -0.393 e. The van der Waals surface area contributed by atoms with E-state index in [9.17, 15) is 0 Å². The molecule has 56 valence electrons. The van der Waals surface area contributed by atoms with Crippen molar-refractivity contribution in [3.8, 4) is 0 Å². The minimum atomic E-state index is -0.390. The zero-order valence-electron chi connectivity index (χ0n) is 5.55. The van der Waals surface area contributed by atoms with E-state index in [0.717, 1.165) is 5.33 Å². The Morgan fingerprint density at radius 1 is 1.44 bits per heavy atom. The summed E-state index contributed by atoms with van der Waals surface area (Å²) in [5, 5.41) is 18.6. The Morgan fingerprint density at radius 2 is 2.00 bits per heavy atom. The fourth-order valence-electron chi connectivity index (χ4n) is 0.638. The molecule has 3 heteroatoms. The van der Waals surface area contributed by atoms with Gasteiger partial charge in [0.15, 0.2) is 0 Å². The molecule has 0 aliphatic heterocycles. The molecule has 0 radical (unpaired) electrons. The molecule has 0 unspecified atom stereocenters. The molecule has 0 heterocycles. The van der Waals surface area contributed by atoms with Crippen molar-refractivity contribution in [2.45, 2.75) is 32.0 Å². The number of hydrogen-bond acceptors (Lipinski definition) is 2. The van der Waals surface area contributed by atoms with Crippen LogP contribution in [0.2, 0.25) is 0 Å². The molecule has 0 aromatic heterocycles. The average molecular weight is 197 g/mol. The van der Waals surface area contributed by atoms with Gasteiger partial charge < -0.3 is 10.2 Å². The topological polar surface area (TPSA) is 40.5 Å². The van der Waals surface area contributed by atoms with Crippen LogP contribution in [-0.4, -0.2) is 27.8 Å². The fraction of sp³-hybridized carbons (Fsp3) is 1.00. The molecule has 9 heavy (non-hydrogen) atoms. The van der Waals surface area contributed by atoms with Gasteiger partial charge in [-0.15, -0.1) is 0 Å². The monoisotopic (exact) mass is 196 g/mol. The lowest BCUT2D eigenvalue weighted by Gasteiger charge is -2.09. The van der Waals surface area contributed by atoms with Gasteiger partial charge in [-0.25, -0.2) is 0 Å². The molecule has 0 saturated carbocycles. The van der Waals surface area contributed by atoms with E-state index in [-0.39, 0.29) is 12.2 Å². The van der Waals surface area contributed by atoms with E-state index in [4.69, 9.17) is 10.2 Å². The zero-order valence-corrected chi connectivity index (χ0v) is 7.13. The lowest BCUT2D eigenvalue weighted by atomic mass is 10.1. The molecular weight excluding hydrogens is 184 g/mol. The van der Waals surface area contributed by atoms with Crippen LogP contribution in [0.25, 0.3) is 0 Å². The summed E-state index contributed by atoms with van der Waals surface area (Å²) in [4.78, 5) is 0. The van der Waals surface area contributed by atoms with Crippen LogP contribution in [0.15, 0.2) is 0 Å². The van der Waals surface area contributed by atoms with Gasteiger partial charge in [0, 0.05) is 5.33 Å². The van der Waals surface area contributed by atoms with Crippen LogP contribution in [0.1, 0.15) is 19.8 Å². The largest absolute Gasteiger partial charge is 0.393 e. The van der Waals surface area contributed by atoms with Crippen LogP contribution in [-0.2, 0) is 0 Å². The molecule has 0 spiro atoms. The summed E-state index contributed by atoms with van der Waals surface area (Å²) in [7, 11) is 0. The molecule has 2 nitrogen and oxygen atoms in total. The Morgan fingerprint density at radius 3 is 2.33 bits per heavy atom. The third-order valence-electron chi connectivity index (χ3n) is 1.06. The van der Waals surface area contributed by atoms with Gasteiger partial charge in [-0.1, -0.05) is 15.9 Å². The summed E-state index contributed by atoms with van der Waals surface area (Å²) >= 11 is 3.20. The van der Waals surface area contributed by atoms with Crippen molar-refractivity contribution in [3.63, 3.8) is 0 Å². The summed E-state index contributed by atoms with van der Waals surface area (Å²) < 4.78 is 0. The van der Waals surface area contributed by atoms with Gasteiger partial charge in [0.25, 0.3) is 0 Å². The molecule has 0 aliphatic rings. The van der Waals surface area contributed by atoms with Crippen LogP contribution in [0.4, 0.5) is 0 Å². The van der Waals surface area contributed by atoms with E-state index in [2.05, 4.69) is 15.9 Å². The van der Waals surface area contributed by atoms with Crippen LogP contribution >= 0.6 is 15.9 Å². The number of aliphatic hydroxyl groups is 2. The number of hydrogen-bond donors (Lipinski definition) is 2. The summed E-state index contributed by atoms with van der Waals surface area (Å²) in [6.45, 7) is 1.68. The van der Waals surface area contributed by atoms with E-state index in [1.807, 2.05) is 0 Å². The second kappa shape index (κ2) is 5.21. The highest BCUT2D eigenvalue weighted by Gasteiger charge is 2.05. The van der Waals surface area contributed by atoms with Gasteiger partial charge in [0.05, 0.1) is 12.2 Å². The Bertz CT molecular complexity index is 66.1. The maximum atomic E-state index is 9.03. The lowest BCUT2D eigenvalue weighted by Crippen LogP contribution is -2.14. The van der Waals surface area contributed by atoms with E-state index in [1.54, 1.807) is 6.92 Å². The SMILES string of the molecule is C[C@@H](O)C[C@@H](O)CCBr. The van der Waals surface area contributed by atoms with Crippen molar-refractivity contribution >= 4 is 15.9 Å². The van der Waals surface area contributed by atoms with E-state index in [1.165, 1.54) is 0 Å². The van der Waals surface area contributed by atoms with Crippen molar-refractivity contribution in [1.29, 1.82) is 0 Å². The van der Waals surface area contributed by atoms with Crippen molar-refractivity contribution in [1.82, 2.24) is 0 Å². The Labute approximate surface area is 64.0 Å². The molecule has 0 aliphatic carbocycles. The molecule has 0 bridgehead atoms. The van der Waals surface area contributed by atoms with Gasteiger partial charge in [0.1, 0.15) is 0 Å². The molecule has 2 N–H and O–H groups in total. The molecule has 0 rings (SSSR count). The lowest BCUT2D eigenvalue weighted by molar-refractivity contribution is 0.0892. The maximum absolute atomic E-state index is 9.03. The first-order valence-corrected chi connectivity index (χ1v) is 4.21. The van der Waals surface area contributed by atoms with Crippen molar-refractivity contribution in [2.24, 2.45) is 0 Å². The van der Waals surface area contributed by atoms with Crippen molar-refractivity contribution < 1.29 is 10.2 Å². The van der Waals surface area contributed by atoms with Gasteiger partial charge in [-0.05, 0) is 19.8 Å². The van der Waals surface area contributed by atoms with Gasteiger partial charge >= 0.3 is 0 Å². The second-order valence-electron chi connectivity index (χ2n) is 2.22. The molecule has 0 fully saturated rings. The fourth-order valence-corrected chi connectivity index (χ4v) is 1.17. The Balaban J connectivity index is 3.15. The van der Waals surface area contributed by atoms with E-state index in [0.29, 0.717) is 12.8 Å². The first-order valence-electron chi connectivity index (χ1n) is 3.09. The molecular formula is C6H13BrO2. The Hall–Kier alpha value is 0.400. The summed E-state index contributed by atoms with van der Waals surface area (Å²) in [6, 6.07) is 0. The maximum Gasteiger partial charge on any atom is 0.0572 e. The highest BCUT2D eigenvalue weighted by Crippen LogP contribution is 2.03. The number of halogens is 1. The molecule has 0 aromatic rings. The van der Waals surface area contributed by atoms with Crippen LogP contribution in [0.3, 0.4) is 0 Å². The van der Waals surface area contributed by atoms with Crippen molar-refractivity contribution in [2.75, 3.05) is 5.33 Å². The number of rotatable bonds is 4. The van der Waals surface area contributed by atoms with Crippen LogP contribution < -0.4 is 0 Å². The highest BCUT2D eigenvalue weighted by molar-refractivity contribution is 9.09. The van der Waals surface area contributed by atoms with E-state index >= 15 is 0 Å². The smallest absolute Gasteiger partial charge is 0.0572 e. The van der Waals surface area contributed by atoms with Crippen LogP contribution in [0, 0.1) is 0 Å². The summed E-state index contributed by atoms with van der Waals surface area (Å²) in [5.74, 6) is 0. The summed E-state index contributed by atoms with van der Waals surface area (Å²) in [6.07, 6.45) is 0.444. The van der Waals surface area contributed by atoms with Gasteiger partial charge in [0.2, 0.25) is 0 Å². The third-order valence-corrected chi connectivity index (χ3v) is 1.51. The first-order chi connectivity index (χ1) is 4.16. The predicted octanol–water partition coefficient (Wildman–Crippen LogP) is 0.903. The quantitative estimate of drug-likeness (QED) is 0.657. The standard InChI is InChI=1S/C6H13BrO2/c1-5(8)4-6(9)2-3-7/h5-6,8-9H,2-4H2,1H3/t5-,6+/m1/s1. The molecule has 2 atom stereocenters. The zero-order chi connectivity index (χ0) is 7.28. The minimum absolute atomic E-state index is 0.357. The molecule has 0 amide bonds. The molecule has 0 saturated heterocycles. The van der Waals surface area contributed by atoms with Gasteiger partial charge in [-0.2, -0.15) is 0 Å². The predicted molar refractivity (Wildman–Crippen MR) is 40.7 cm³/mol. The third kappa shape index (κ3) is 6.28. The Kier molecular flexibility index (Phi) is 5.44. The van der Waals surface area contributed by atoms with E-state index < -0.39 is 0 Å². The summed E-state index contributed by atoms with van der Waals surface area (Å²) in [5.41, 5.74) is 0. The number of alkyl halides is 1. The second-order valence-corrected chi connectivity index (χ2v) is 3.01. The first kappa shape index (κ1) is 9.40. The van der Waals surface area contributed by atoms with Crippen molar-refractivity contribution in [3.05, 3.63) is 0 Å². The normalized spacial score (nSPS) is 17.3. The molecule has 0 aromatic carbocycles. The average Bonchev–Trinajstić information content (AvgIpc) is 1.63.